The summed E-state index contributed by atoms with van der Waals surface area (Å²) in [5, 5.41) is 9.98. The van der Waals surface area contributed by atoms with Crippen molar-refractivity contribution in [1.29, 1.82) is 0 Å². The molecule has 0 unspecified atom stereocenters. The van der Waals surface area contributed by atoms with Crippen LogP contribution in [0.25, 0.3) is 5.69 Å². The van der Waals surface area contributed by atoms with Crippen molar-refractivity contribution in [2.45, 2.75) is 17.3 Å². The number of hydrogen-bond donors (Lipinski definition) is 0. The molecular formula is C22H16ClF2N3S. The third-order valence-electron chi connectivity index (χ3n) is 4.32. The second-order valence-corrected chi connectivity index (χ2v) is 7.79. The van der Waals surface area contributed by atoms with E-state index in [2.05, 4.69) is 10.2 Å². The Hall–Kier alpha value is -2.70. The first-order chi connectivity index (χ1) is 14.1. The quantitative estimate of drug-likeness (QED) is 0.349. The lowest BCUT2D eigenvalue weighted by Crippen LogP contribution is -2.04. The van der Waals surface area contributed by atoms with Crippen molar-refractivity contribution in [2.75, 3.05) is 0 Å². The molecule has 7 heteroatoms. The van der Waals surface area contributed by atoms with E-state index in [9.17, 15) is 8.78 Å². The summed E-state index contributed by atoms with van der Waals surface area (Å²) in [5.41, 5.74) is 2.63. The molecule has 4 aromatic rings. The predicted molar refractivity (Wildman–Crippen MR) is 112 cm³/mol. The minimum absolute atomic E-state index is 0.432. The normalized spacial score (nSPS) is 11.0. The maximum absolute atomic E-state index is 13.5. The second kappa shape index (κ2) is 8.76. The van der Waals surface area contributed by atoms with E-state index < -0.39 is 11.6 Å². The second-order valence-electron chi connectivity index (χ2n) is 6.41. The van der Waals surface area contributed by atoms with E-state index in [4.69, 9.17) is 11.6 Å². The lowest BCUT2D eigenvalue weighted by atomic mass is 10.1. The Morgan fingerprint density at radius 1 is 0.828 bits per heavy atom. The first-order valence-corrected chi connectivity index (χ1v) is 10.3. The van der Waals surface area contributed by atoms with Crippen LogP contribution >= 0.6 is 23.4 Å². The zero-order valence-corrected chi connectivity index (χ0v) is 16.8. The number of hydrogen-bond acceptors (Lipinski definition) is 3. The third-order valence-corrected chi connectivity index (χ3v) is 5.56. The zero-order valence-electron chi connectivity index (χ0n) is 15.2. The molecule has 4 rings (SSSR count). The van der Waals surface area contributed by atoms with Crippen LogP contribution in [0.5, 0.6) is 0 Å². The van der Waals surface area contributed by atoms with Gasteiger partial charge in [-0.15, -0.1) is 10.2 Å². The molecule has 1 aromatic heterocycles. The van der Waals surface area contributed by atoms with Crippen molar-refractivity contribution in [2.24, 2.45) is 0 Å². The highest BCUT2D eigenvalue weighted by Gasteiger charge is 2.16. The molecular weight excluding hydrogens is 412 g/mol. The highest BCUT2D eigenvalue weighted by Crippen LogP contribution is 2.28. The Morgan fingerprint density at radius 2 is 1.66 bits per heavy atom. The van der Waals surface area contributed by atoms with Gasteiger partial charge < -0.3 is 0 Å². The highest BCUT2D eigenvalue weighted by molar-refractivity contribution is 7.98. The van der Waals surface area contributed by atoms with Crippen LogP contribution in [-0.4, -0.2) is 14.8 Å². The summed E-state index contributed by atoms with van der Waals surface area (Å²) in [6, 6.07) is 21.4. The molecule has 0 aliphatic rings. The summed E-state index contributed by atoms with van der Waals surface area (Å²) in [7, 11) is 0. The molecule has 0 amide bonds. The molecule has 0 N–H and O–H groups in total. The average Bonchev–Trinajstić information content (AvgIpc) is 3.12. The van der Waals surface area contributed by atoms with Crippen molar-refractivity contribution >= 4 is 23.4 Å². The predicted octanol–water partition coefficient (Wildman–Crippen LogP) is 6.08. The van der Waals surface area contributed by atoms with Crippen LogP contribution in [0, 0.1) is 11.6 Å². The molecule has 0 fully saturated rings. The largest absolute Gasteiger partial charge is 0.274 e. The van der Waals surface area contributed by atoms with Gasteiger partial charge in [0.1, 0.15) is 5.82 Å². The van der Waals surface area contributed by atoms with Gasteiger partial charge in [0.05, 0.1) is 5.69 Å². The van der Waals surface area contributed by atoms with Crippen LogP contribution in [0.2, 0.25) is 5.02 Å². The molecule has 3 aromatic carbocycles. The maximum atomic E-state index is 13.5. The van der Waals surface area contributed by atoms with Crippen molar-refractivity contribution in [3.8, 4) is 5.69 Å². The van der Waals surface area contributed by atoms with E-state index in [1.165, 1.54) is 17.8 Å². The Balaban J connectivity index is 1.66. The van der Waals surface area contributed by atoms with Crippen LogP contribution in [0.15, 0.2) is 78.0 Å². The summed E-state index contributed by atoms with van der Waals surface area (Å²) in [6.07, 6.45) is 0.603. The number of benzene rings is 3. The van der Waals surface area contributed by atoms with Crippen LogP contribution in [0.3, 0.4) is 0 Å². The molecule has 0 aliphatic heterocycles. The Bertz CT molecular complexity index is 1130. The van der Waals surface area contributed by atoms with Gasteiger partial charge in [0.15, 0.2) is 16.8 Å². The van der Waals surface area contributed by atoms with Gasteiger partial charge in [-0.25, -0.2) is 8.78 Å². The standard InChI is InChI=1S/C22H16ClF2N3S/c23-17-7-4-8-18(13-17)28-21(12-15-5-2-1-3-6-15)26-27-22(28)29-14-16-9-10-19(24)20(25)11-16/h1-11,13H,12,14H2. The average molecular weight is 428 g/mol. The van der Waals surface area contributed by atoms with Gasteiger partial charge in [-0.3, -0.25) is 4.57 Å². The van der Waals surface area contributed by atoms with Crippen LogP contribution < -0.4 is 0 Å². The van der Waals surface area contributed by atoms with Crippen molar-refractivity contribution in [1.82, 2.24) is 14.8 Å². The molecule has 1 heterocycles. The van der Waals surface area contributed by atoms with Gasteiger partial charge in [0.25, 0.3) is 0 Å². The number of rotatable bonds is 6. The monoisotopic (exact) mass is 427 g/mol. The first kappa shape index (κ1) is 19.6. The van der Waals surface area contributed by atoms with Crippen molar-refractivity contribution in [3.05, 3.63) is 106 Å². The fraction of sp³-hybridized carbons (Fsp3) is 0.0909. The van der Waals surface area contributed by atoms with Crippen LogP contribution in [0.4, 0.5) is 8.78 Å². The minimum Gasteiger partial charge on any atom is -0.274 e. The molecule has 29 heavy (non-hydrogen) atoms. The molecule has 0 saturated carbocycles. The first-order valence-electron chi connectivity index (χ1n) is 8.91. The van der Waals surface area contributed by atoms with E-state index in [0.29, 0.717) is 27.9 Å². The topological polar surface area (TPSA) is 30.7 Å². The van der Waals surface area contributed by atoms with Gasteiger partial charge in [0, 0.05) is 17.2 Å². The fourth-order valence-electron chi connectivity index (χ4n) is 2.94. The zero-order chi connectivity index (χ0) is 20.2. The Kier molecular flexibility index (Phi) is 5.92. The van der Waals surface area contributed by atoms with E-state index in [1.54, 1.807) is 12.1 Å². The van der Waals surface area contributed by atoms with Gasteiger partial charge >= 0.3 is 0 Å². The fourth-order valence-corrected chi connectivity index (χ4v) is 4.04. The molecule has 0 radical (unpaired) electrons. The molecule has 146 valence electrons. The minimum atomic E-state index is -0.857. The smallest absolute Gasteiger partial charge is 0.196 e. The van der Waals surface area contributed by atoms with Gasteiger partial charge in [-0.2, -0.15) is 0 Å². The Labute approximate surface area is 176 Å². The lowest BCUT2D eigenvalue weighted by Gasteiger charge is -2.11. The maximum Gasteiger partial charge on any atom is 0.196 e. The lowest BCUT2D eigenvalue weighted by molar-refractivity contribution is 0.507. The van der Waals surface area contributed by atoms with Crippen LogP contribution in [0.1, 0.15) is 17.0 Å². The molecule has 0 spiro atoms. The number of nitrogens with zero attached hydrogens (tertiary/aromatic N) is 3. The SMILES string of the molecule is Fc1ccc(CSc2nnc(Cc3ccccc3)n2-c2cccc(Cl)c2)cc1F. The van der Waals surface area contributed by atoms with E-state index in [0.717, 1.165) is 23.1 Å². The summed E-state index contributed by atoms with van der Waals surface area (Å²) in [6.45, 7) is 0. The van der Waals surface area contributed by atoms with Gasteiger partial charge in [0.2, 0.25) is 0 Å². The Morgan fingerprint density at radius 3 is 2.41 bits per heavy atom. The number of aromatic nitrogens is 3. The summed E-state index contributed by atoms with van der Waals surface area (Å²) in [4.78, 5) is 0. The van der Waals surface area contributed by atoms with Crippen molar-refractivity contribution in [3.63, 3.8) is 0 Å². The van der Waals surface area contributed by atoms with Gasteiger partial charge in [-0.1, -0.05) is 65.8 Å². The molecule has 0 atom stereocenters. The summed E-state index contributed by atoms with van der Waals surface area (Å²) in [5.74, 6) is -0.511. The third kappa shape index (κ3) is 4.66. The highest BCUT2D eigenvalue weighted by atomic mass is 35.5. The molecule has 0 bridgehead atoms. The van der Waals surface area contributed by atoms with E-state index in [-0.39, 0.29) is 0 Å². The number of halogens is 3. The number of thioether (sulfide) groups is 1. The van der Waals surface area contributed by atoms with Crippen LogP contribution in [-0.2, 0) is 12.2 Å². The molecule has 3 nitrogen and oxygen atoms in total. The summed E-state index contributed by atoms with van der Waals surface area (Å²) < 4.78 is 28.6. The van der Waals surface area contributed by atoms with Gasteiger partial charge in [-0.05, 0) is 41.5 Å². The molecule has 0 saturated heterocycles. The molecule has 0 aliphatic carbocycles. The van der Waals surface area contributed by atoms with E-state index in [1.807, 2.05) is 53.1 Å². The van der Waals surface area contributed by atoms with Crippen molar-refractivity contribution < 1.29 is 8.78 Å². The summed E-state index contributed by atoms with van der Waals surface area (Å²) >= 11 is 7.60. The van der Waals surface area contributed by atoms with E-state index >= 15 is 0 Å².